The van der Waals surface area contributed by atoms with Gasteiger partial charge in [-0.1, -0.05) is 133 Å². The highest BCUT2D eigenvalue weighted by Gasteiger charge is 2.18. The van der Waals surface area contributed by atoms with Crippen LogP contribution in [0.4, 0.5) is 0 Å². The molecule has 5 aromatic carbocycles. The third-order valence-corrected chi connectivity index (χ3v) is 7.66. The van der Waals surface area contributed by atoms with E-state index in [0.29, 0.717) is 19.4 Å². The normalized spacial score (nSPS) is 11.6. The number of carbonyl (C=O) groups is 1. The number of aromatic amines is 1. The molecule has 6 aromatic rings. The highest BCUT2D eigenvalue weighted by Crippen LogP contribution is 2.29. The van der Waals surface area contributed by atoms with Gasteiger partial charge in [0.25, 0.3) is 0 Å². The first-order valence-electron chi connectivity index (χ1n) is 14.6. The molecule has 0 saturated carbocycles. The van der Waals surface area contributed by atoms with Gasteiger partial charge in [0.05, 0.1) is 12.1 Å². The first-order chi connectivity index (χ1) is 21.2. The SMILES string of the molecule is O=C(O)c1[nH]c2c(C=Cc3ccc(/C=C/Cc4ccccc4)cc3)cccc2c1CCCOc1cccc2ccccc12. The van der Waals surface area contributed by atoms with Crippen LogP contribution in [0.1, 0.15) is 44.7 Å². The lowest BCUT2D eigenvalue weighted by Crippen LogP contribution is -2.04. The molecule has 0 radical (unpaired) electrons. The maximum atomic E-state index is 12.2. The fraction of sp³-hybridized carbons (Fsp3) is 0.103. The highest BCUT2D eigenvalue weighted by atomic mass is 16.5. The number of aryl methyl sites for hydroxylation is 1. The molecule has 4 nitrogen and oxygen atoms in total. The monoisotopic (exact) mass is 563 g/mol. The van der Waals surface area contributed by atoms with Crippen molar-refractivity contribution in [2.45, 2.75) is 19.3 Å². The average Bonchev–Trinajstić information content (AvgIpc) is 3.43. The van der Waals surface area contributed by atoms with Gasteiger partial charge in [-0.05, 0) is 58.5 Å². The van der Waals surface area contributed by atoms with Crippen LogP contribution in [0.5, 0.6) is 5.75 Å². The summed E-state index contributed by atoms with van der Waals surface area (Å²) >= 11 is 0. The Balaban J connectivity index is 1.14. The Morgan fingerprint density at radius 2 is 1.42 bits per heavy atom. The van der Waals surface area contributed by atoms with Crippen molar-refractivity contribution in [2.24, 2.45) is 0 Å². The number of hydrogen-bond donors (Lipinski definition) is 2. The third kappa shape index (κ3) is 6.60. The standard InChI is InChI=1S/C39H33NO3/c41-39(42)38-35(19-9-27-43-36-20-8-15-31-14-4-5-17-33(31)36)34-18-7-16-32(37(34)40-38)26-25-30-23-21-29(22-24-30)13-6-12-28-10-2-1-3-11-28/h1-8,10-11,13-18,20-26,40H,9,12,19,27H2,(H,41,42)/b13-6+,26-25?. The number of aromatic nitrogens is 1. The summed E-state index contributed by atoms with van der Waals surface area (Å²) < 4.78 is 6.12. The zero-order valence-electron chi connectivity index (χ0n) is 23.9. The van der Waals surface area contributed by atoms with Crippen LogP contribution in [0, 0.1) is 0 Å². The van der Waals surface area contributed by atoms with Gasteiger partial charge in [0.1, 0.15) is 11.4 Å². The summed E-state index contributed by atoms with van der Waals surface area (Å²) in [6.45, 7) is 0.497. The second-order valence-corrected chi connectivity index (χ2v) is 10.6. The van der Waals surface area contributed by atoms with Crippen molar-refractivity contribution in [1.29, 1.82) is 0 Å². The van der Waals surface area contributed by atoms with Gasteiger partial charge >= 0.3 is 5.97 Å². The summed E-state index contributed by atoms with van der Waals surface area (Å²) in [6, 6.07) is 39.0. The predicted molar refractivity (Wildman–Crippen MR) is 178 cm³/mol. The molecule has 0 fully saturated rings. The summed E-state index contributed by atoms with van der Waals surface area (Å²) in [7, 11) is 0. The van der Waals surface area contributed by atoms with E-state index < -0.39 is 5.97 Å². The minimum Gasteiger partial charge on any atom is -0.493 e. The van der Waals surface area contributed by atoms with Crippen LogP contribution in [0.3, 0.4) is 0 Å². The van der Waals surface area contributed by atoms with Gasteiger partial charge < -0.3 is 14.8 Å². The van der Waals surface area contributed by atoms with Crippen LogP contribution in [-0.4, -0.2) is 22.7 Å². The lowest BCUT2D eigenvalue weighted by Gasteiger charge is -2.09. The number of nitrogens with one attached hydrogen (secondary N) is 1. The summed E-state index contributed by atoms with van der Waals surface area (Å²) in [5, 5.41) is 13.1. The second-order valence-electron chi connectivity index (χ2n) is 10.6. The Labute approximate surface area is 251 Å². The van der Waals surface area contributed by atoms with E-state index in [-0.39, 0.29) is 5.69 Å². The van der Waals surface area contributed by atoms with Gasteiger partial charge in [-0.3, -0.25) is 0 Å². The minimum atomic E-state index is -0.952. The van der Waals surface area contributed by atoms with Crippen LogP contribution in [0.2, 0.25) is 0 Å². The average molecular weight is 564 g/mol. The van der Waals surface area contributed by atoms with Crippen LogP contribution >= 0.6 is 0 Å². The highest BCUT2D eigenvalue weighted by molar-refractivity contribution is 6.01. The van der Waals surface area contributed by atoms with Crippen molar-refractivity contribution in [3.63, 3.8) is 0 Å². The maximum Gasteiger partial charge on any atom is 0.352 e. The lowest BCUT2D eigenvalue weighted by molar-refractivity contribution is 0.0690. The van der Waals surface area contributed by atoms with Crippen LogP contribution < -0.4 is 4.74 Å². The summed E-state index contributed by atoms with van der Waals surface area (Å²) in [4.78, 5) is 15.4. The molecule has 0 unspecified atom stereocenters. The molecule has 0 aliphatic carbocycles. The van der Waals surface area contributed by atoms with Gasteiger partial charge in [0.2, 0.25) is 0 Å². The molecule has 0 saturated heterocycles. The molecule has 1 aromatic heterocycles. The molecule has 212 valence electrons. The van der Waals surface area contributed by atoms with E-state index in [4.69, 9.17) is 4.74 Å². The number of allylic oxidation sites excluding steroid dienone is 1. The topological polar surface area (TPSA) is 62.3 Å². The van der Waals surface area contributed by atoms with E-state index in [9.17, 15) is 9.90 Å². The molecule has 6 rings (SSSR count). The number of carboxylic acid groups (broad SMARTS) is 1. The molecule has 0 aliphatic heterocycles. The molecule has 43 heavy (non-hydrogen) atoms. The van der Waals surface area contributed by atoms with Crippen molar-refractivity contribution < 1.29 is 14.6 Å². The molecule has 2 N–H and O–H groups in total. The fourth-order valence-corrected chi connectivity index (χ4v) is 5.48. The number of ether oxygens (including phenoxy) is 1. The predicted octanol–water partition coefficient (Wildman–Crippen LogP) is 9.46. The number of hydrogen-bond acceptors (Lipinski definition) is 2. The van der Waals surface area contributed by atoms with Crippen molar-refractivity contribution in [3.8, 4) is 5.75 Å². The van der Waals surface area contributed by atoms with E-state index in [2.05, 4.69) is 89.9 Å². The Kier molecular flexibility index (Phi) is 8.46. The Morgan fingerprint density at radius 3 is 2.23 bits per heavy atom. The number of fused-ring (bicyclic) bond motifs is 2. The summed E-state index contributed by atoms with van der Waals surface area (Å²) in [5.41, 5.74) is 6.36. The minimum absolute atomic E-state index is 0.243. The van der Waals surface area contributed by atoms with Gasteiger partial charge in [0, 0.05) is 10.8 Å². The second kappa shape index (κ2) is 13.1. The largest absolute Gasteiger partial charge is 0.493 e. The van der Waals surface area contributed by atoms with Crippen molar-refractivity contribution >= 4 is 45.9 Å². The zero-order chi connectivity index (χ0) is 29.4. The van der Waals surface area contributed by atoms with Gasteiger partial charge in [-0.15, -0.1) is 0 Å². The first kappa shape index (κ1) is 27.8. The van der Waals surface area contributed by atoms with Crippen LogP contribution in [0.25, 0.3) is 39.9 Å². The van der Waals surface area contributed by atoms with Crippen LogP contribution in [-0.2, 0) is 12.8 Å². The van der Waals surface area contributed by atoms with Gasteiger partial charge in [-0.25, -0.2) is 4.79 Å². The maximum absolute atomic E-state index is 12.2. The van der Waals surface area contributed by atoms with E-state index in [1.54, 1.807) is 0 Å². The number of para-hydroxylation sites is 1. The summed E-state index contributed by atoms with van der Waals surface area (Å²) in [6.07, 6.45) is 10.6. The lowest BCUT2D eigenvalue weighted by atomic mass is 10.0. The Hall–Kier alpha value is -5.35. The van der Waals surface area contributed by atoms with E-state index in [1.165, 1.54) is 5.56 Å². The number of benzene rings is 5. The number of H-pyrrole nitrogens is 1. The molecule has 0 spiro atoms. The summed E-state index contributed by atoms with van der Waals surface area (Å²) in [5.74, 6) is -0.105. The Morgan fingerprint density at radius 1 is 0.721 bits per heavy atom. The third-order valence-electron chi connectivity index (χ3n) is 7.66. The molecule has 0 bridgehead atoms. The van der Waals surface area contributed by atoms with Gasteiger partial charge in [0.15, 0.2) is 0 Å². The zero-order valence-corrected chi connectivity index (χ0v) is 23.9. The molecule has 0 atom stereocenters. The van der Waals surface area contributed by atoms with Crippen molar-refractivity contribution in [1.82, 2.24) is 4.98 Å². The number of carboxylic acids is 1. The Bertz CT molecular complexity index is 1910. The number of rotatable bonds is 11. The fourth-order valence-electron chi connectivity index (χ4n) is 5.48. The molecular formula is C39H33NO3. The van der Waals surface area contributed by atoms with E-state index in [0.717, 1.165) is 56.1 Å². The molecular weight excluding hydrogens is 530 g/mol. The quantitative estimate of drug-likeness (QED) is 0.122. The molecule has 0 aliphatic rings. The molecule has 1 heterocycles. The van der Waals surface area contributed by atoms with Crippen LogP contribution in [0.15, 0.2) is 121 Å². The number of aromatic carboxylic acids is 1. The van der Waals surface area contributed by atoms with E-state index in [1.807, 2.05) is 54.6 Å². The molecule has 0 amide bonds. The van der Waals surface area contributed by atoms with Crippen molar-refractivity contribution in [2.75, 3.05) is 6.61 Å². The smallest absolute Gasteiger partial charge is 0.352 e. The molecule has 4 heteroatoms. The first-order valence-corrected chi connectivity index (χ1v) is 14.6. The van der Waals surface area contributed by atoms with Gasteiger partial charge in [-0.2, -0.15) is 0 Å². The van der Waals surface area contributed by atoms with E-state index >= 15 is 0 Å². The van der Waals surface area contributed by atoms with Crippen molar-refractivity contribution in [3.05, 3.63) is 155 Å².